The van der Waals surface area contributed by atoms with Crippen molar-refractivity contribution in [3.63, 3.8) is 0 Å². The van der Waals surface area contributed by atoms with Crippen molar-refractivity contribution < 1.29 is 14.8 Å². The maximum absolute atomic E-state index is 11.0. The predicted octanol–water partition coefficient (Wildman–Crippen LogP) is 1.85. The van der Waals surface area contributed by atoms with Gasteiger partial charge in [0.25, 0.3) is 5.69 Å². The Morgan fingerprint density at radius 2 is 2.06 bits per heavy atom. The van der Waals surface area contributed by atoms with E-state index in [0.717, 1.165) is 30.3 Å². The molecular formula is C11H12N2O4S. The SMILES string of the molecule is O=C(O)c1cc(N2CCSCC2)ccc1[N+](=O)[O-]. The molecule has 1 N–H and O–H groups in total. The van der Waals surface area contributed by atoms with Gasteiger partial charge >= 0.3 is 5.97 Å². The molecule has 0 radical (unpaired) electrons. The lowest BCUT2D eigenvalue weighted by Gasteiger charge is -2.28. The Bertz CT molecular complexity index is 486. The number of hydrogen-bond donors (Lipinski definition) is 1. The van der Waals surface area contributed by atoms with Crippen LogP contribution in [0.5, 0.6) is 0 Å². The second kappa shape index (κ2) is 5.26. The third-order valence-corrected chi connectivity index (χ3v) is 3.73. The van der Waals surface area contributed by atoms with Crippen LogP contribution in [0.3, 0.4) is 0 Å². The normalized spacial score (nSPS) is 15.4. The minimum Gasteiger partial charge on any atom is -0.477 e. The van der Waals surface area contributed by atoms with Gasteiger partial charge in [-0.25, -0.2) is 4.79 Å². The molecule has 0 aromatic heterocycles. The molecule has 1 aromatic carbocycles. The first-order valence-corrected chi connectivity index (χ1v) is 6.59. The molecule has 96 valence electrons. The Morgan fingerprint density at radius 1 is 1.39 bits per heavy atom. The van der Waals surface area contributed by atoms with Crippen LogP contribution in [0.15, 0.2) is 18.2 Å². The summed E-state index contributed by atoms with van der Waals surface area (Å²) in [5.41, 5.74) is 0.117. The molecule has 0 unspecified atom stereocenters. The second-order valence-corrected chi connectivity index (χ2v) is 5.09. The first kappa shape index (κ1) is 12.7. The summed E-state index contributed by atoms with van der Waals surface area (Å²) >= 11 is 1.85. The largest absolute Gasteiger partial charge is 0.477 e. The van der Waals surface area contributed by atoms with E-state index in [1.165, 1.54) is 12.1 Å². The van der Waals surface area contributed by atoms with Crippen molar-refractivity contribution in [3.05, 3.63) is 33.9 Å². The van der Waals surface area contributed by atoms with Crippen LogP contribution in [-0.2, 0) is 0 Å². The summed E-state index contributed by atoms with van der Waals surface area (Å²) in [6.07, 6.45) is 0. The molecule has 1 aliphatic heterocycles. The first-order valence-electron chi connectivity index (χ1n) is 5.44. The number of hydrogen-bond acceptors (Lipinski definition) is 5. The topological polar surface area (TPSA) is 83.7 Å². The van der Waals surface area contributed by atoms with Crippen molar-refractivity contribution in [2.75, 3.05) is 29.5 Å². The van der Waals surface area contributed by atoms with Gasteiger partial charge in [0.2, 0.25) is 0 Å². The molecule has 0 bridgehead atoms. The van der Waals surface area contributed by atoms with Gasteiger partial charge in [-0.2, -0.15) is 11.8 Å². The Hall–Kier alpha value is -1.76. The van der Waals surface area contributed by atoms with Crippen molar-refractivity contribution in [2.45, 2.75) is 0 Å². The number of nitrogens with zero attached hydrogens (tertiary/aromatic N) is 2. The summed E-state index contributed by atoms with van der Waals surface area (Å²) < 4.78 is 0. The maximum atomic E-state index is 11.0. The van der Waals surface area contributed by atoms with Gasteiger partial charge < -0.3 is 10.0 Å². The lowest BCUT2D eigenvalue weighted by molar-refractivity contribution is -0.385. The average Bonchev–Trinajstić information content (AvgIpc) is 2.39. The summed E-state index contributed by atoms with van der Waals surface area (Å²) in [4.78, 5) is 23.2. The number of anilines is 1. The molecule has 0 atom stereocenters. The number of carboxylic acid groups (broad SMARTS) is 1. The van der Waals surface area contributed by atoms with E-state index < -0.39 is 10.9 Å². The van der Waals surface area contributed by atoms with E-state index in [1.807, 2.05) is 16.7 Å². The van der Waals surface area contributed by atoms with Crippen molar-refractivity contribution in [1.82, 2.24) is 0 Å². The van der Waals surface area contributed by atoms with Crippen LogP contribution in [0.1, 0.15) is 10.4 Å². The second-order valence-electron chi connectivity index (χ2n) is 3.86. The van der Waals surface area contributed by atoms with E-state index in [1.54, 1.807) is 6.07 Å². The number of nitro groups is 1. The summed E-state index contributed by atoms with van der Waals surface area (Å²) in [5, 5.41) is 19.7. The van der Waals surface area contributed by atoms with Gasteiger partial charge in [0.05, 0.1) is 4.92 Å². The Kier molecular flexibility index (Phi) is 3.71. The lowest BCUT2D eigenvalue weighted by Crippen LogP contribution is -2.32. The van der Waals surface area contributed by atoms with Crippen LogP contribution in [0.2, 0.25) is 0 Å². The number of nitro benzene ring substituents is 1. The molecule has 1 fully saturated rings. The fourth-order valence-electron chi connectivity index (χ4n) is 1.87. The maximum Gasteiger partial charge on any atom is 0.342 e. The third-order valence-electron chi connectivity index (χ3n) is 2.78. The van der Waals surface area contributed by atoms with Crippen LogP contribution >= 0.6 is 11.8 Å². The van der Waals surface area contributed by atoms with E-state index in [-0.39, 0.29) is 11.3 Å². The standard InChI is InChI=1S/C11H12N2O4S/c14-11(15)9-7-8(1-2-10(9)13(16)17)12-3-5-18-6-4-12/h1-2,7H,3-6H2,(H,14,15). The third kappa shape index (κ3) is 2.56. The number of rotatable bonds is 3. The van der Waals surface area contributed by atoms with Crippen LogP contribution in [-0.4, -0.2) is 40.6 Å². The zero-order valence-corrected chi connectivity index (χ0v) is 10.4. The average molecular weight is 268 g/mol. The van der Waals surface area contributed by atoms with Crippen LogP contribution in [0.25, 0.3) is 0 Å². The molecule has 18 heavy (non-hydrogen) atoms. The summed E-state index contributed by atoms with van der Waals surface area (Å²) in [5.74, 6) is 0.702. The zero-order valence-electron chi connectivity index (χ0n) is 9.54. The molecular weight excluding hydrogens is 256 g/mol. The quantitative estimate of drug-likeness (QED) is 0.665. The van der Waals surface area contributed by atoms with E-state index in [0.29, 0.717) is 0 Å². The van der Waals surface area contributed by atoms with E-state index in [2.05, 4.69) is 0 Å². The van der Waals surface area contributed by atoms with E-state index in [9.17, 15) is 14.9 Å². The molecule has 0 aliphatic carbocycles. The molecule has 1 heterocycles. The van der Waals surface area contributed by atoms with Crippen molar-refractivity contribution in [1.29, 1.82) is 0 Å². The van der Waals surface area contributed by atoms with E-state index >= 15 is 0 Å². The molecule has 6 nitrogen and oxygen atoms in total. The summed E-state index contributed by atoms with van der Waals surface area (Å²) in [7, 11) is 0. The molecule has 0 spiro atoms. The monoisotopic (exact) mass is 268 g/mol. The summed E-state index contributed by atoms with van der Waals surface area (Å²) in [6.45, 7) is 1.67. The van der Waals surface area contributed by atoms with Crippen LogP contribution in [0, 0.1) is 10.1 Å². The highest BCUT2D eigenvalue weighted by Crippen LogP contribution is 2.26. The molecule has 7 heteroatoms. The zero-order chi connectivity index (χ0) is 13.1. The Labute approximate surface area is 108 Å². The van der Waals surface area contributed by atoms with Gasteiger partial charge in [-0.05, 0) is 12.1 Å². The molecule has 0 saturated carbocycles. The fourth-order valence-corrected chi connectivity index (χ4v) is 2.78. The highest BCUT2D eigenvalue weighted by atomic mass is 32.2. The number of benzene rings is 1. The van der Waals surface area contributed by atoms with Crippen molar-refractivity contribution >= 4 is 29.1 Å². The van der Waals surface area contributed by atoms with E-state index in [4.69, 9.17) is 5.11 Å². The lowest BCUT2D eigenvalue weighted by atomic mass is 10.1. The predicted molar refractivity (Wildman–Crippen MR) is 69.6 cm³/mol. The number of carbonyl (C=O) groups is 1. The number of aromatic carboxylic acids is 1. The van der Waals surface area contributed by atoms with Crippen LogP contribution in [0.4, 0.5) is 11.4 Å². The Morgan fingerprint density at radius 3 is 2.61 bits per heavy atom. The van der Waals surface area contributed by atoms with Gasteiger partial charge in [0.1, 0.15) is 5.56 Å². The molecule has 0 amide bonds. The number of carboxylic acids is 1. The van der Waals surface area contributed by atoms with Gasteiger partial charge in [-0.15, -0.1) is 0 Å². The molecule has 1 aliphatic rings. The Balaban J connectivity index is 2.36. The van der Waals surface area contributed by atoms with Gasteiger partial charge in [0, 0.05) is 36.3 Å². The van der Waals surface area contributed by atoms with Gasteiger partial charge in [-0.1, -0.05) is 0 Å². The smallest absolute Gasteiger partial charge is 0.342 e. The first-order chi connectivity index (χ1) is 8.59. The van der Waals surface area contributed by atoms with Gasteiger partial charge in [-0.3, -0.25) is 10.1 Å². The molecule has 1 saturated heterocycles. The van der Waals surface area contributed by atoms with Crippen LogP contribution < -0.4 is 4.90 Å². The summed E-state index contributed by atoms with van der Waals surface area (Å²) in [6, 6.07) is 4.26. The highest BCUT2D eigenvalue weighted by Gasteiger charge is 2.22. The minimum absolute atomic E-state index is 0.254. The van der Waals surface area contributed by atoms with Crippen molar-refractivity contribution in [2.24, 2.45) is 0 Å². The minimum atomic E-state index is -1.27. The van der Waals surface area contributed by atoms with Gasteiger partial charge in [0.15, 0.2) is 0 Å². The highest BCUT2D eigenvalue weighted by molar-refractivity contribution is 7.99. The molecule has 1 aromatic rings. The number of thioether (sulfide) groups is 1. The fraction of sp³-hybridized carbons (Fsp3) is 0.364. The molecule has 2 rings (SSSR count). The van der Waals surface area contributed by atoms with Crippen molar-refractivity contribution in [3.8, 4) is 0 Å².